The molecule has 0 saturated carbocycles. The monoisotopic (exact) mass is 462 g/mol. The third kappa shape index (κ3) is 5.49. The number of alkyl halides is 2. The molecule has 1 aliphatic rings. The fraction of sp³-hybridized carbons (Fsp3) is 0.364. The van der Waals surface area contributed by atoms with Crippen molar-refractivity contribution in [3.63, 3.8) is 0 Å². The molecule has 0 spiro atoms. The van der Waals surface area contributed by atoms with E-state index in [0.717, 1.165) is 35.3 Å². The van der Waals surface area contributed by atoms with Crippen LogP contribution in [0.3, 0.4) is 0 Å². The minimum atomic E-state index is -2.90. The second kappa shape index (κ2) is 10.6. The summed E-state index contributed by atoms with van der Waals surface area (Å²) in [5.41, 5.74) is 2.05. The number of rotatable bonds is 9. The number of morpholine rings is 1. The molecule has 1 aliphatic heterocycles. The van der Waals surface area contributed by atoms with Crippen molar-refractivity contribution in [1.82, 2.24) is 14.8 Å². The van der Waals surface area contributed by atoms with E-state index in [0.29, 0.717) is 25.5 Å². The number of methoxy groups -OCH3 is 1. The first-order chi connectivity index (χ1) is 15.6. The number of halogens is 2. The molecular formula is C22H24F2N4O3S. The fourth-order valence-corrected chi connectivity index (χ4v) is 4.31. The fourth-order valence-electron chi connectivity index (χ4n) is 3.43. The number of hydrogen-bond donors (Lipinski definition) is 0. The summed E-state index contributed by atoms with van der Waals surface area (Å²) in [6.07, 6.45) is 0. The van der Waals surface area contributed by atoms with Gasteiger partial charge in [0.25, 0.3) is 0 Å². The van der Waals surface area contributed by atoms with E-state index < -0.39 is 6.61 Å². The van der Waals surface area contributed by atoms with Gasteiger partial charge in [0.05, 0.1) is 26.9 Å². The van der Waals surface area contributed by atoms with Gasteiger partial charge in [-0.05, 0) is 23.3 Å². The van der Waals surface area contributed by atoms with E-state index in [2.05, 4.69) is 36.5 Å². The van der Waals surface area contributed by atoms with Crippen molar-refractivity contribution in [3.8, 4) is 11.5 Å². The van der Waals surface area contributed by atoms with Crippen molar-refractivity contribution in [3.05, 3.63) is 59.7 Å². The van der Waals surface area contributed by atoms with Gasteiger partial charge in [0.2, 0.25) is 5.95 Å². The summed E-state index contributed by atoms with van der Waals surface area (Å²) in [6.45, 7) is 0.592. The predicted molar refractivity (Wildman–Crippen MR) is 118 cm³/mol. The maximum Gasteiger partial charge on any atom is 0.387 e. The molecule has 0 radical (unpaired) electrons. The summed E-state index contributed by atoms with van der Waals surface area (Å²) in [6, 6.07) is 15.1. The van der Waals surface area contributed by atoms with E-state index in [9.17, 15) is 8.78 Å². The molecule has 0 unspecified atom stereocenters. The lowest BCUT2D eigenvalue weighted by molar-refractivity contribution is -0.0512. The van der Waals surface area contributed by atoms with Gasteiger partial charge in [0, 0.05) is 18.8 Å². The summed E-state index contributed by atoms with van der Waals surface area (Å²) < 4.78 is 42.4. The van der Waals surface area contributed by atoms with Crippen LogP contribution in [-0.2, 0) is 17.0 Å². The molecule has 0 amide bonds. The molecule has 3 aromatic rings. The highest BCUT2D eigenvalue weighted by atomic mass is 32.2. The number of thioether (sulfide) groups is 1. The van der Waals surface area contributed by atoms with Crippen LogP contribution in [-0.4, -0.2) is 54.8 Å². The minimum Gasteiger partial charge on any atom is -0.493 e. The maximum atomic E-state index is 12.6. The van der Waals surface area contributed by atoms with Gasteiger partial charge in [-0.1, -0.05) is 48.2 Å². The average molecular weight is 463 g/mol. The van der Waals surface area contributed by atoms with E-state index >= 15 is 0 Å². The van der Waals surface area contributed by atoms with E-state index in [-0.39, 0.29) is 11.5 Å². The van der Waals surface area contributed by atoms with E-state index in [1.807, 2.05) is 18.2 Å². The molecule has 2 aromatic carbocycles. The maximum absolute atomic E-state index is 12.6. The first-order valence-corrected chi connectivity index (χ1v) is 11.2. The number of hydrogen-bond acceptors (Lipinski definition) is 7. The zero-order valence-corrected chi connectivity index (χ0v) is 18.4. The standard InChI is InChI=1S/C22H24F2N4O3S/c1-29-19-13-17(7-8-18(19)31-20(23)24)15-32-22-26-25-21(27-9-11-30-12-10-27)28(22)14-16-5-3-2-4-6-16/h2-8,13,20H,9-12,14-15H2,1H3. The predicted octanol–water partition coefficient (Wildman–Crippen LogP) is 4.07. The van der Waals surface area contributed by atoms with Gasteiger partial charge >= 0.3 is 6.61 Å². The third-order valence-electron chi connectivity index (χ3n) is 4.99. The van der Waals surface area contributed by atoms with E-state index in [1.54, 1.807) is 12.1 Å². The van der Waals surface area contributed by atoms with Crippen LogP contribution in [0.15, 0.2) is 53.7 Å². The molecular weight excluding hydrogens is 438 g/mol. The van der Waals surface area contributed by atoms with Crippen molar-refractivity contribution in [2.45, 2.75) is 24.1 Å². The molecule has 0 aliphatic carbocycles. The summed E-state index contributed by atoms with van der Waals surface area (Å²) in [7, 11) is 1.43. The van der Waals surface area contributed by atoms with Crippen molar-refractivity contribution < 1.29 is 23.0 Å². The molecule has 1 aromatic heterocycles. The topological polar surface area (TPSA) is 61.6 Å². The summed E-state index contributed by atoms with van der Waals surface area (Å²) in [5, 5.41) is 9.68. The summed E-state index contributed by atoms with van der Waals surface area (Å²) in [5.74, 6) is 1.67. The smallest absolute Gasteiger partial charge is 0.387 e. The Balaban J connectivity index is 1.54. The second-order valence-corrected chi connectivity index (χ2v) is 8.05. The highest BCUT2D eigenvalue weighted by Crippen LogP contribution is 2.32. The van der Waals surface area contributed by atoms with Gasteiger partial charge < -0.3 is 19.1 Å². The Bertz CT molecular complexity index is 1010. The van der Waals surface area contributed by atoms with Gasteiger partial charge in [-0.3, -0.25) is 4.57 Å². The molecule has 0 bridgehead atoms. The zero-order valence-electron chi connectivity index (χ0n) is 17.6. The number of aromatic nitrogens is 3. The summed E-state index contributed by atoms with van der Waals surface area (Å²) in [4.78, 5) is 2.18. The lowest BCUT2D eigenvalue weighted by Crippen LogP contribution is -2.38. The van der Waals surface area contributed by atoms with Crippen LogP contribution in [0, 0.1) is 0 Å². The van der Waals surface area contributed by atoms with E-state index in [1.165, 1.54) is 24.9 Å². The molecule has 1 fully saturated rings. The second-order valence-electron chi connectivity index (χ2n) is 7.11. The van der Waals surface area contributed by atoms with Gasteiger partial charge in [0.1, 0.15) is 0 Å². The van der Waals surface area contributed by atoms with Crippen molar-refractivity contribution in [1.29, 1.82) is 0 Å². The van der Waals surface area contributed by atoms with Crippen molar-refractivity contribution in [2.24, 2.45) is 0 Å². The Kier molecular flexibility index (Phi) is 7.43. The highest BCUT2D eigenvalue weighted by Gasteiger charge is 2.21. The first-order valence-electron chi connectivity index (χ1n) is 10.2. The first kappa shape index (κ1) is 22.3. The Morgan fingerprint density at radius 1 is 1.03 bits per heavy atom. The zero-order chi connectivity index (χ0) is 22.3. The Morgan fingerprint density at radius 3 is 2.53 bits per heavy atom. The van der Waals surface area contributed by atoms with Crippen molar-refractivity contribution in [2.75, 3.05) is 38.3 Å². The number of nitrogens with zero attached hydrogens (tertiary/aromatic N) is 4. The molecule has 0 atom stereocenters. The van der Waals surface area contributed by atoms with Gasteiger partial charge in [-0.2, -0.15) is 8.78 Å². The van der Waals surface area contributed by atoms with Crippen molar-refractivity contribution >= 4 is 17.7 Å². The van der Waals surface area contributed by atoms with E-state index in [4.69, 9.17) is 9.47 Å². The van der Waals surface area contributed by atoms with Crippen LogP contribution in [0.2, 0.25) is 0 Å². The Labute approximate surface area is 189 Å². The van der Waals surface area contributed by atoms with Crippen LogP contribution in [0.4, 0.5) is 14.7 Å². The Morgan fingerprint density at radius 2 is 1.81 bits per heavy atom. The quantitative estimate of drug-likeness (QED) is 0.445. The Hall–Kier alpha value is -2.85. The van der Waals surface area contributed by atoms with Crippen LogP contribution in [0.25, 0.3) is 0 Å². The average Bonchev–Trinajstić information content (AvgIpc) is 3.21. The molecule has 1 saturated heterocycles. The molecule has 4 rings (SSSR count). The normalized spacial score (nSPS) is 14.1. The number of anilines is 1. The van der Waals surface area contributed by atoms with Gasteiger partial charge in [0.15, 0.2) is 16.7 Å². The minimum absolute atomic E-state index is 0.0121. The number of ether oxygens (including phenoxy) is 3. The van der Waals surface area contributed by atoms with Crippen LogP contribution in [0.5, 0.6) is 11.5 Å². The molecule has 32 heavy (non-hydrogen) atoms. The molecule has 0 N–H and O–H groups in total. The largest absolute Gasteiger partial charge is 0.493 e. The lowest BCUT2D eigenvalue weighted by Gasteiger charge is -2.28. The SMILES string of the molecule is COc1cc(CSc2nnc(N3CCOCC3)n2Cc2ccccc2)ccc1OC(F)F. The lowest BCUT2D eigenvalue weighted by atomic mass is 10.2. The molecule has 7 nitrogen and oxygen atoms in total. The van der Waals surface area contributed by atoms with Crippen LogP contribution in [0.1, 0.15) is 11.1 Å². The van der Waals surface area contributed by atoms with Gasteiger partial charge in [-0.15, -0.1) is 10.2 Å². The molecule has 10 heteroatoms. The number of benzene rings is 2. The summed E-state index contributed by atoms with van der Waals surface area (Å²) >= 11 is 1.53. The van der Waals surface area contributed by atoms with Crippen LogP contribution < -0.4 is 14.4 Å². The highest BCUT2D eigenvalue weighted by molar-refractivity contribution is 7.98. The molecule has 2 heterocycles. The van der Waals surface area contributed by atoms with Gasteiger partial charge in [-0.25, -0.2) is 0 Å². The third-order valence-corrected chi connectivity index (χ3v) is 6.02. The van der Waals surface area contributed by atoms with Crippen LogP contribution >= 0.6 is 11.8 Å². The molecule has 170 valence electrons.